The number of ether oxygens (including phenoxy) is 1. The number of rotatable bonds is 1. The number of halogens is 1. The first-order valence-electron chi connectivity index (χ1n) is 5.80. The number of carbonyl (C=O) groups is 1. The van der Waals surface area contributed by atoms with Crippen molar-refractivity contribution >= 4 is 18.3 Å². The van der Waals surface area contributed by atoms with Crippen molar-refractivity contribution in [1.29, 1.82) is 0 Å². The lowest BCUT2D eigenvalue weighted by atomic mass is 9.81. The molecular formula is C11H21ClN2O2. The monoisotopic (exact) mass is 248 g/mol. The first-order chi connectivity index (χ1) is 7.22. The van der Waals surface area contributed by atoms with Crippen LogP contribution in [-0.2, 0) is 9.53 Å². The highest BCUT2D eigenvalue weighted by Crippen LogP contribution is 2.28. The minimum atomic E-state index is -0.185. The van der Waals surface area contributed by atoms with Gasteiger partial charge >= 0.3 is 0 Å². The Kier molecular flexibility index (Phi) is 5.02. The van der Waals surface area contributed by atoms with E-state index in [9.17, 15) is 4.79 Å². The summed E-state index contributed by atoms with van der Waals surface area (Å²) < 4.78 is 5.26. The molecule has 2 rings (SSSR count). The number of hydrogen-bond acceptors (Lipinski definition) is 3. The first kappa shape index (κ1) is 13.7. The van der Waals surface area contributed by atoms with Gasteiger partial charge in [-0.1, -0.05) is 0 Å². The summed E-state index contributed by atoms with van der Waals surface area (Å²) >= 11 is 0. The van der Waals surface area contributed by atoms with Crippen LogP contribution in [0.2, 0.25) is 0 Å². The average molecular weight is 249 g/mol. The van der Waals surface area contributed by atoms with Crippen LogP contribution in [0.1, 0.15) is 19.8 Å². The summed E-state index contributed by atoms with van der Waals surface area (Å²) in [6.07, 6.45) is 2.11. The smallest absolute Gasteiger partial charge is 0.229 e. The Bertz CT molecular complexity index is 236. The Labute approximate surface area is 103 Å². The molecule has 2 aliphatic heterocycles. The van der Waals surface area contributed by atoms with E-state index in [1.807, 2.05) is 4.90 Å². The van der Waals surface area contributed by atoms with Gasteiger partial charge in [0.15, 0.2) is 0 Å². The van der Waals surface area contributed by atoms with E-state index in [4.69, 9.17) is 4.74 Å². The molecule has 94 valence electrons. The minimum Gasteiger partial charge on any atom is -0.378 e. The van der Waals surface area contributed by atoms with Crippen molar-refractivity contribution in [2.45, 2.75) is 19.8 Å². The quantitative estimate of drug-likeness (QED) is 0.741. The molecule has 2 heterocycles. The molecular weight excluding hydrogens is 228 g/mol. The molecule has 1 N–H and O–H groups in total. The summed E-state index contributed by atoms with van der Waals surface area (Å²) in [5.74, 6) is 0.304. The van der Waals surface area contributed by atoms with E-state index >= 15 is 0 Å². The van der Waals surface area contributed by atoms with E-state index in [2.05, 4.69) is 12.2 Å². The lowest BCUT2D eigenvalue weighted by molar-refractivity contribution is -0.146. The van der Waals surface area contributed by atoms with Crippen molar-refractivity contribution in [2.75, 3.05) is 39.4 Å². The zero-order valence-corrected chi connectivity index (χ0v) is 10.6. The van der Waals surface area contributed by atoms with E-state index < -0.39 is 0 Å². The molecule has 1 atom stereocenters. The van der Waals surface area contributed by atoms with Gasteiger partial charge < -0.3 is 15.0 Å². The van der Waals surface area contributed by atoms with Crippen LogP contribution >= 0.6 is 12.4 Å². The predicted molar refractivity (Wildman–Crippen MR) is 64.9 cm³/mol. The van der Waals surface area contributed by atoms with Crippen molar-refractivity contribution in [2.24, 2.45) is 5.41 Å². The maximum atomic E-state index is 12.3. The Balaban J connectivity index is 0.00000128. The van der Waals surface area contributed by atoms with Gasteiger partial charge in [0.2, 0.25) is 5.91 Å². The van der Waals surface area contributed by atoms with E-state index in [0.717, 1.165) is 39.0 Å². The highest BCUT2D eigenvalue weighted by Gasteiger charge is 2.37. The van der Waals surface area contributed by atoms with Crippen LogP contribution in [0, 0.1) is 5.41 Å². The molecule has 2 saturated heterocycles. The van der Waals surface area contributed by atoms with Crippen molar-refractivity contribution in [3.05, 3.63) is 0 Å². The number of amides is 1. The second-order valence-electron chi connectivity index (χ2n) is 4.75. The van der Waals surface area contributed by atoms with Gasteiger partial charge in [0.05, 0.1) is 18.6 Å². The Morgan fingerprint density at radius 2 is 2.06 bits per heavy atom. The SMILES string of the molecule is CC1(C(=O)N2CCOCC2)CCCNC1.Cl. The summed E-state index contributed by atoms with van der Waals surface area (Å²) in [4.78, 5) is 14.3. The summed E-state index contributed by atoms with van der Waals surface area (Å²) in [6, 6.07) is 0. The third-order valence-corrected chi connectivity index (χ3v) is 3.41. The van der Waals surface area contributed by atoms with Crippen LogP contribution < -0.4 is 5.32 Å². The predicted octanol–water partition coefficient (Wildman–Crippen LogP) is 0.657. The fraction of sp³-hybridized carbons (Fsp3) is 0.909. The van der Waals surface area contributed by atoms with E-state index in [-0.39, 0.29) is 17.8 Å². The molecule has 4 nitrogen and oxygen atoms in total. The van der Waals surface area contributed by atoms with Crippen LogP contribution in [0.4, 0.5) is 0 Å². The van der Waals surface area contributed by atoms with Crippen LogP contribution in [0.5, 0.6) is 0 Å². The Morgan fingerprint density at radius 1 is 1.38 bits per heavy atom. The maximum absolute atomic E-state index is 12.3. The van der Waals surface area contributed by atoms with E-state index in [1.165, 1.54) is 0 Å². The van der Waals surface area contributed by atoms with Gasteiger partial charge in [0.25, 0.3) is 0 Å². The molecule has 0 radical (unpaired) electrons. The number of hydrogen-bond donors (Lipinski definition) is 1. The summed E-state index contributed by atoms with van der Waals surface area (Å²) in [5, 5.41) is 3.32. The second-order valence-corrected chi connectivity index (χ2v) is 4.75. The lowest BCUT2D eigenvalue weighted by Crippen LogP contribution is -2.53. The molecule has 1 unspecified atom stereocenters. The fourth-order valence-electron chi connectivity index (χ4n) is 2.39. The number of carbonyl (C=O) groups excluding carboxylic acids is 1. The summed E-state index contributed by atoms with van der Waals surface area (Å²) in [5.41, 5.74) is -0.185. The molecule has 0 aromatic rings. The van der Waals surface area contributed by atoms with Gasteiger partial charge in [-0.15, -0.1) is 12.4 Å². The number of nitrogens with zero attached hydrogens (tertiary/aromatic N) is 1. The fourth-order valence-corrected chi connectivity index (χ4v) is 2.39. The van der Waals surface area contributed by atoms with E-state index in [1.54, 1.807) is 0 Å². The van der Waals surface area contributed by atoms with Crippen LogP contribution in [0.3, 0.4) is 0 Å². The minimum absolute atomic E-state index is 0. The van der Waals surface area contributed by atoms with E-state index in [0.29, 0.717) is 19.1 Å². The number of piperidine rings is 1. The van der Waals surface area contributed by atoms with Gasteiger partial charge in [0.1, 0.15) is 0 Å². The zero-order valence-electron chi connectivity index (χ0n) is 9.83. The molecule has 0 aliphatic carbocycles. The second kappa shape index (κ2) is 5.84. The van der Waals surface area contributed by atoms with Crippen LogP contribution in [0.25, 0.3) is 0 Å². The van der Waals surface area contributed by atoms with Gasteiger partial charge in [-0.05, 0) is 26.3 Å². The standard InChI is InChI=1S/C11H20N2O2.ClH/c1-11(3-2-4-12-9-11)10(14)13-5-7-15-8-6-13;/h12H,2-9H2,1H3;1H. The van der Waals surface area contributed by atoms with Crippen molar-refractivity contribution in [3.8, 4) is 0 Å². The molecule has 0 saturated carbocycles. The Morgan fingerprint density at radius 3 is 2.62 bits per heavy atom. The largest absolute Gasteiger partial charge is 0.378 e. The normalized spacial score (nSPS) is 30.7. The molecule has 2 fully saturated rings. The molecule has 5 heteroatoms. The number of nitrogens with one attached hydrogen (secondary N) is 1. The Hall–Kier alpha value is -0.320. The zero-order chi connectivity index (χ0) is 10.7. The third-order valence-electron chi connectivity index (χ3n) is 3.41. The summed E-state index contributed by atoms with van der Waals surface area (Å²) in [7, 11) is 0. The van der Waals surface area contributed by atoms with Gasteiger partial charge in [-0.2, -0.15) is 0 Å². The van der Waals surface area contributed by atoms with Gasteiger partial charge in [-0.3, -0.25) is 4.79 Å². The van der Waals surface area contributed by atoms with Crippen LogP contribution in [0.15, 0.2) is 0 Å². The molecule has 16 heavy (non-hydrogen) atoms. The lowest BCUT2D eigenvalue weighted by Gasteiger charge is -2.38. The van der Waals surface area contributed by atoms with Crippen molar-refractivity contribution < 1.29 is 9.53 Å². The third kappa shape index (κ3) is 2.87. The van der Waals surface area contributed by atoms with Gasteiger partial charge in [-0.25, -0.2) is 0 Å². The van der Waals surface area contributed by atoms with Crippen molar-refractivity contribution in [3.63, 3.8) is 0 Å². The average Bonchev–Trinajstić information content (AvgIpc) is 2.30. The molecule has 0 spiro atoms. The maximum Gasteiger partial charge on any atom is 0.229 e. The number of morpholine rings is 1. The van der Waals surface area contributed by atoms with Crippen molar-refractivity contribution in [1.82, 2.24) is 10.2 Å². The molecule has 1 amide bonds. The molecule has 0 bridgehead atoms. The first-order valence-corrected chi connectivity index (χ1v) is 5.80. The summed E-state index contributed by atoms with van der Waals surface area (Å²) in [6.45, 7) is 6.85. The highest BCUT2D eigenvalue weighted by atomic mass is 35.5. The van der Waals surface area contributed by atoms with Gasteiger partial charge in [0, 0.05) is 19.6 Å². The molecule has 0 aromatic carbocycles. The molecule has 0 aromatic heterocycles. The highest BCUT2D eigenvalue weighted by molar-refractivity contribution is 5.85. The molecule has 2 aliphatic rings. The van der Waals surface area contributed by atoms with Crippen LogP contribution in [-0.4, -0.2) is 50.2 Å². The topological polar surface area (TPSA) is 41.6 Å².